The Labute approximate surface area is 93.0 Å². The standard InChI is InChI=1S/C9H13ClN4O/c1-3-9(2,11)8(15)12-7-5-4-6(10)13-14-7/h4-5H,3,11H2,1-2H3,(H,12,14,15). The zero-order valence-electron chi connectivity index (χ0n) is 8.62. The van der Waals surface area contributed by atoms with Gasteiger partial charge in [-0.3, -0.25) is 4.79 Å². The Balaban J connectivity index is 2.71. The summed E-state index contributed by atoms with van der Waals surface area (Å²) < 4.78 is 0. The minimum atomic E-state index is -0.901. The lowest BCUT2D eigenvalue weighted by Crippen LogP contribution is -2.47. The van der Waals surface area contributed by atoms with Gasteiger partial charge in [-0.05, 0) is 25.5 Å². The Morgan fingerprint density at radius 3 is 2.73 bits per heavy atom. The number of nitrogens with zero attached hydrogens (tertiary/aromatic N) is 2. The quantitative estimate of drug-likeness (QED) is 0.815. The fourth-order valence-electron chi connectivity index (χ4n) is 0.802. The lowest BCUT2D eigenvalue weighted by molar-refractivity contribution is -0.120. The van der Waals surface area contributed by atoms with E-state index < -0.39 is 5.54 Å². The van der Waals surface area contributed by atoms with Crippen LogP contribution in [0.2, 0.25) is 5.15 Å². The number of carbonyl (C=O) groups excluding carboxylic acids is 1. The van der Waals surface area contributed by atoms with Gasteiger partial charge in [0.25, 0.3) is 0 Å². The molecule has 0 fully saturated rings. The van der Waals surface area contributed by atoms with E-state index in [0.29, 0.717) is 12.2 Å². The molecular formula is C9H13ClN4O. The third-order valence-corrected chi connectivity index (χ3v) is 2.33. The third-order valence-electron chi connectivity index (χ3n) is 2.13. The minimum absolute atomic E-state index is 0.277. The molecule has 0 aliphatic carbocycles. The maximum atomic E-state index is 11.6. The van der Waals surface area contributed by atoms with Gasteiger partial charge in [0, 0.05) is 0 Å². The van der Waals surface area contributed by atoms with Gasteiger partial charge < -0.3 is 11.1 Å². The van der Waals surface area contributed by atoms with Gasteiger partial charge in [-0.25, -0.2) is 0 Å². The number of hydrogen-bond donors (Lipinski definition) is 2. The molecule has 5 nitrogen and oxygen atoms in total. The molecule has 0 saturated heterocycles. The molecule has 1 rings (SSSR count). The summed E-state index contributed by atoms with van der Waals surface area (Å²) in [5.74, 6) is 0.0520. The fraction of sp³-hybridized carbons (Fsp3) is 0.444. The van der Waals surface area contributed by atoms with E-state index in [-0.39, 0.29) is 11.1 Å². The maximum Gasteiger partial charge on any atom is 0.245 e. The van der Waals surface area contributed by atoms with Gasteiger partial charge >= 0.3 is 0 Å². The van der Waals surface area contributed by atoms with Crippen molar-refractivity contribution in [1.29, 1.82) is 0 Å². The number of hydrogen-bond acceptors (Lipinski definition) is 4. The van der Waals surface area contributed by atoms with Crippen molar-refractivity contribution in [2.75, 3.05) is 5.32 Å². The van der Waals surface area contributed by atoms with E-state index in [1.165, 1.54) is 0 Å². The number of nitrogens with two attached hydrogens (primary N) is 1. The number of halogens is 1. The third kappa shape index (κ3) is 3.14. The molecule has 0 aliphatic heterocycles. The molecule has 1 amide bonds. The van der Waals surface area contributed by atoms with Gasteiger partial charge in [0.15, 0.2) is 11.0 Å². The minimum Gasteiger partial charge on any atom is -0.318 e. The van der Waals surface area contributed by atoms with Crippen molar-refractivity contribution in [3.8, 4) is 0 Å². The van der Waals surface area contributed by atoms with E-state index in [1.54, 1.807) is 19.1 Å². The van der Waals surface area contributed by atoms with E-state index >= 15 is 0 Å². The number of anilines is 1. The van der Waals surface area contributed by atoms with Crippen LogP contribution in [0.15, 0.2) is 12.1 Å². The molecule has 1 aromatic rings. The van der Waals surface area contributed by atoms with Crippen LogP contribution >= 0.6 is 11.6 Å². The first-order valence-corrected chi connectivity index (χ1v) is 4.93. The first kappa shape index (κ1) is 11.9. The topological polar surface area (TPSA) is 80.9 Å². The highest BCUT2D eigenvalue weighted by Gasteiger charge is 2.26. The van der Waals surface area contributed by atoms with Crippen LogP contribution in [0.4, 0.5) is 5.82 Å². The van der Waals surface area contributed by atoms with Crippen molar-refractivity contribution >= 4 is 23.3 Å². The van der Waals surface area contributed by atoms with E-state index in [4.69, 9.17) is 17.3 Å². The zero-order valence-corrected chi connectivity index (χ0v) is 9.38. The summed E-state index contributed by atoms with van der Waals surface area (Å²) in [5.41, 5.74) is 4.85. The van der Waals surface area contributed by atoms with Crippen LogP contribution in [0.1, 0.15) is 20.3 Å². The molecule has 6 heteroatoms. The molecule has 82 valence electrons. The molecule has 3 N–H and O–H groups in total. The van der Waals surface area contributed by atoms with Crippen LogP contribution in [-0.4, -0.2) is 21.6 Å². The normalized spacial score (nSPS) is 14.4. The average molecular weight is 229 g/mol. The first-order valence-electron chi connectivity index (χ1n) is 4.55. The predicted molar refractivity (Wildman–Crippen MR) is 58.6 cm³/mol. The Bertz CT molecular complexity index is 350. The molecule has 0 spiro atoms. The molecule has 1 unspecified atom stereocenters. The number of nitrogens with one attached hydrogen (secondary N) is 1. The van der Waals surface area contributed by atoms with Crippen LogP contribution in [0.25, 0.3) is 0 Å². The van der Waals surface area contributed by atoms with Crippen molar-refractivity contribution in [1.82, 2.24) is 10.2 Å². The number of aromatic nitrogens is 2. The monoisotopic (exact) mass is 228 g/mol. The summed E-state index contributed by atoms with van der Waals surface area (Å²) in [6.07, 6.45) is 0.542. The van der Waals surface area contributed by atoms with E-state index in [9.17, 15) is 4.79 Å². The van der Waals surface area contributed by atoms with Crippen LogP contribution in [0.5, 0.6) is 0 Å². The van der Waals surface area contributed by atoms with Crippen molar-refractivity contribution < 1.29 is 4.79 Å². The summed E-state index contributed by atoms with van der Waals surface area (Å²) in [6, 6.07) is 3.11. The number of rotatable bonds is 3. The van der Waals surface area contributed by atoms with Crippen LogP contribution in [0.3, 0.4) is 0 Å². The first-order chi connectivity index (χ1) is 6.95. The largest absolute Gasteiger partial charge is 0.318 e. The highest BCUT2D eigenvalue weighted by atomic mass is 35.5. The highest BCUT2D eigenvalue weighted by Crippen LogP contribution is 2.10. The zero-order chi connectivity index (χ0) is 11.5. The maximum absolute atomic E-state index is 11.6. The van der Waals surface area contributed by atoms with Gasteiger partial charge in [-0.15, -0.1) is 10.2 Å². The summed E-state index contributed by atoms with van der Waals surface area (Å²) in [5, 5.41) is 10.1. The molecule has 0 bridgehead atoms. The van der Waals surface area contributed by atoms with Gasteiger partial charge in [-0.1, -0.05) is 18.5 Å². The van der Waals surface area contributed by atoms with Crippen LogP contribution < -0.4 is 11.1 Å². The Hall–Kier alpha value is -1.20. The molecule has 0 saturated carbocycles. The fourth-order valence-corrected chi connectivity index (χ4v) is 0.903. The predicted octanol–water partition coefficient (Wildman–Crippen LogP) is 1.20. The Morgan fingerprint density at radius 2 is 2.27 bits per heavy atom. The van der Waals surface area contributed by atoms with Gasteiger partial charge in [-0.2, -0.15) is 0 Å². The summed E-state index contributed by atoms with van der Waals surface area (Å²) >= 11 is 5.55. The molecule has 1 heterocycles. The molecule has 15 heavy (non-hydrogen) atoms. The van der Waals surface area contributed by atoms with Crippen LogP contribution in [0, 0.1) is 0 Å². The second kappa shape index (κ2) is 4.55. The van der Waals surface area contributed by atoms with E-state index in [0.717, 1.165) is 0 Å². The number of carbonyl (C=O) groups is 1. The lowest BCUT2D eigenvalue weighted by atomic mass is 10.00. The van der Waals surface area contributed by atoms with Crippen molar-refractivity contribution in [3.63, 3.8) is 0 Å². The molecule has 1 aromatic heterocycles. The smallest absolute Gasteiger partial charge is 0.245 e. The van der Waals surface area contributed by atoms with E-state index in [2.05, 4.69) is 15.5 Å². The van der Waals surface area contributed by atoms with Crippen molar-refractivity contribution in [3.05, 3.63) is 17.3 Å². The lowest BCUT2D eigenvalue weighted by Gasteiger charge is -2.20. The van der Waals surface area contributed by atoms with Crippen molar-refractivity contribution in [2.24, 2.45) is 5.73 Å². The van der Waals surface area contributed by atoms with Gasteiger partial charge in [0.1, 0.15) is 0 Å². The SMILES string of the molecule is CCC(C)(N)C(=O)Nc1ccc(Cl)nn1. The molecule has 0 aliphatic rings. The van der Waals surface area contributed by atoms with Crippen LogP contribution in [-0.2, 0) is 4.79 Å². The van der Waals surface area contributed by atoms with Gasteiger partial charge in [0.2, 0.25) is 5.91 Å². The van der Waals surface area contributed by atoms with E-state index in [1.807, 2.05) is 6.92 Å². The van der Waals surface area contributed by atoms with Gasteiger partial charge in [0.05, 0.1) is 5.54 Å². The molecule has 1 atom stereocenters. The average Bonchev–Trinajstić information content (AvgIpc) is 2.21. The molecule has 0 aromatic carbocycles. The summed E-state index contributed by atoms with van der Waals surface area (Å²) in [4.78, 5) is 11.6. The second-order valence-corrected chi connectivity index (χ2v) is 3.85. The Kier molecular flexibility index (Phi) is 3.60. The molecular weight excluding hydrogens is 216 g/mol. The highest BCUT2D eigenvalue weighted by molar-refractivity contribution is 6.29. The number of amides is 1. The Morgan fingerprint density at radius 1 is 1.60 bits per heavy atom. The summed E-state index contributed by atoms with van der Waals surface area (Å²) in [7, 11) is 0. The van der Waals surface area contributed by atoms with Crippen molar-refractivity contribution in [2.45, 2.75) is 25.8 Å². The second-order valence-electron chi connectivity index (χ2n) is 3.47. The summed E-state index contributed by atoms with van der Waals surface area (Å²) in [6.45, 7) is 3.50. The molecule has 0 radical (unpaired) electrons.